The minimum absolute atomic E-state index is 0.652. The Hall–Kier alpha value is -1.03. The SMILES string of the molecule is CCCNCc1cnn(Cc2ccc(Cl)cc2Cl)c1. The monoisotopic (exact) mass is 297 g/mol. The lowest BCUT2D eigenvalue weighted by Crippen LogP contribution is -2.13. The number of nitrogens with zero attached hydrogens (tertiary/aromatic N) is 2. The van der Waals surface area contributed by atoms with Crippen molar-refractivity contribution in [1.82, 2.24) is 15.1 Å². The molecular weight excluding hydrogens is 281 g/mol. The molecule has 0 saturated carbocycles. The van der Waals surface area contributed by atoms with Crippen LogP contribution in [0.5, 0.6) is 0 Å². The molecule has 0 saturated heterocycles. The minimum atomic E-state index is 0.652. The number of rotatable bonds is 6. The van der Waals surface area contributed by atoms with Gasteiger partial charge in [0, 0.05) is 28.4 Å². The molecule has 0 unspecified atom stereocenters. The van der Waals surface area contributed by atoms with Gasteiger partial charge in [-0.25, -0.2) is 0 Å². The van der Waals surface area contributed by atoms with Crippen LogP contribution in [-0.2, 0) is 13.1 Å². The Bertz CT molecular complexity index is 537. The van der Waals surface area contributed by atoms with Crippen molar-refractivity contribution in [2.24, 2.45) is 0 Å². The summed E-state index contributed by atoms with van der Waals surface area (Å²) >= 11 is 12.0. The average Bonchev–Trinajstić information content (AvgIpc) is 2.81. The number of hydrogen-bond acceptors (Lipinski definition) is 2. The Balaban J connectivity index is 1.99. The normalized spacial score (nSPS) is 10.9. The van der Waals surface area contributed by atoms with Gasteiger partial charge in [0.15, 0.2) is 0 Å². The first-order chi connectivity index (χ1) is 9.19. The van der Waals surface area contributed by atoms with E-state index in [1.54, 1.807) is 6.07 Å². The van der Waals surface area contributed by atoms with E-state index in [-0.39, 0.29) is 0 Å². The maximum Gasteiger partial charge on any atom is 0.0674 e. The second kappa shape index (κ2) is 6.94. The van der Waals surface area contributed by atoms with Gasteiger partial charge in [-0.1, -0.05) is 36.2 Å². The van der Waals surface area contributed by atoms with Crippen molar-refractivity contribution in [3.8, 4) is 0 Å². The summed E-state index contributed by atoms with van der Waals surface area (Å²) in [7, 11) is 0. The van der Waals surface area contributed by atoms with E-state index in [1.165, 1.54) is 5.56 Å². The molecule has 2 rings (SSSR count). The largest absolute Gasteiger partial charge is 0.313 e. The van der Waals surface area contributed by atoms with Gasteiger partial charge in [0.05, 0.1) is 12.7 Å². The van der Waals surface area contributed by atoms with E-state index in [2.05, 4.69) is 17.3 Å². The number of hydrogen-bond donors (Lipinski definition) is 1. The summed E-state index contributed by atoms with van der Waals surface area (Å²) in [6.07, 6.45) is 5.05. The van der Waals surface area contributed by atoms with Crippen molar-refractivity contribution < 1.29 is 0 Å². The Morgan fingerprint density at radius 3 is 2.89 bits per heavy atom. The summed E-state index contributed by atoms with van der Waals surface area (Å²) in [5.41, 5.74) is 2.20. The Kier molecular flexibility index (Phi) is 5.25. The van der Waals surface area contributed by atoms with Crippen LogP contribution >= 0.6 is 23.2 Å². The molecular formula is C14H17Cl2N3. The van der Waals surface area contributed by atoms with E-state index >= 15 is 0 Å². The fourth-order valence-electron chi connectivity index (χ4n) is 1.82. The third-order valence-corrected chi connectivity index (χ3v) is 3.38. The molecule has 0 bridgehead atoms. The quantitative estimate of drug-likeness (QED) is 0.823. The maximum absolute atomic E-state index is 6.15. The molecule has 102 valence electrons. The molecule has 0 radical (unpaired) electrons. The van der Waals surface area contributed by atoms with Gasteiger partial charge < -0.3 is 5.32 Å². The fourth-order valence-corrected chi connectivity index (χ4v) is 2.29. The van der Waals surface area contributed by atoms with Crippen LogP contribution in [-0.4, -0.2) is 16.3 Å². The molecule has 0 aliphatic heterocycles. The fraction of sp³-hybridized carbons (Fsp3) is 0.357. The smallest absolute Gasteiger partial charge is 0.0674 e. The van der Waals surface area contributed by atoms with E-state index < -0.39 is 0 Å². The van der Waals surface area contributed by atoms with Crippen LogP contribution in [0.15, 0.2) is 30.6 Å². The Morgan fingerprint density at radius 1 is 1.32 bits per heavy atom. The summed E-state index contributed by atoms with van der Waals surface area (Å²) in [6.45, 7) is 4.68. The van der Waals surface area contributed by atoms with Gasteiger partial charge in [-0.05, 0) is 30.7 Å². The predicted octanol–water partition coefficient (Wildman–Crippen LogP) is 3.74. The van der Waals surface area contributed by atoms with Gasteiger partial charge in [-0.3, -0.25) is 4.68 Å². The lowest BCUT2D eigenvalue weighted by Gasteiger charge is -2.05. The highest BCUT2D eigenvalue weighted by molar-refractivity contribution is 6.35. The summed E-state index contributed by atoms with van der Waals surface area (Å²) in [4.78, 5) is 0. The van der Waals surface area contributed by atoms with Crippen LogP contribution in [0.1, 0.15) is 24.5 Å². The van der Waals surface area contributed by atoms with E-state index in [9.17, 15) is 0 Å². The number of nitrogens with one attached hydrogen (secondary N) is 1. The van der Waals surface area contributed by atoms with Gasteiger partial charge in [-0.2, -0.15) is 5.10 Å². The highest BCUT2D eigenvalue weighted by Gasteiger charge is 2.04. The molecule has 0 fully saturated rings. The molecule has 0 spiro atoms. The predicted molar refractivity (Wildman–Crippen MR) is 79.8 cm³/mol. The third kappa shape index (κ3) is 4.23. The number of aromatic nitrogens is 2. The maximum atomic E-state index is 6.15. The first-order valence-corrected chi connectivity index (χ1v) is 7.10. The zero-order chi connectivity index (χ0) is 13.7. The van der Waals surface area contributed by atoms with Crippen molar-refractivity contribution in [2.75, 3.05) is 6.54 Å². The topological polar surface area (TPSA) is 29.9 Å². The van der Waals surface area contributed by atoms with Gasteiger partial charge >= 0.3 is 0 Å². The first kappa shape index (κ1) is 14.4. The number of halogens is 2. The second-order valence-electron chi connectivity index (χ2n) is 4.46. The van der Waals surface area contributed by atoms with Crippen LogP contribution < -0.4 is 5.32 Å². The lowest BCUT2D eigenvalue weighted by atomic mass is 10.2. The standard InChI is InChI=1S/C14H17Cl2N3/c1-2-5-17-7-11-8-18-19(9-11)10-12-3-4-13(15)6-14(12)16/h3-4,6,8-9,17H,2,5,7,10H2,1H3. The van der Waals surface area contributed by atoms with E-state index in [0.29, 0.717) is 16.6 Å². The molecule has 1 aromatic carbocycles. The first-order valence-electron chi connectivity index (χ1n) is 6.35. The molecule has 19 heavy (non-hydrogen) atoms. The van der Waals surface area contributed by atoms with Crippen molar-refractivity contribution in [2.45, 2.75) is 26.4 Å². The van der Waals surface area contributed by atoms with Crippen molar-refractivity contribution in [1.29, 1.82) is 0 Å². The van der Waals surface area contributed by atoms with Crippen LogP contribution in [0.2, 0.25) is 10.0 Å². The molecule has 1 N–H and O–H groups in total. The van der Waals surface area contributed by atoms with Crippen LogP contribution in [0, 0.1) is 0 Å². The molecule has 1 aromatic heterocycles. The lowest BCUT2D eigenvalue weighted by molar-refractivity contribution is 0.668. The van der Waals surface area contributed by atoms with Crippen molar-refractivity contribution in [3.63, 3.8) is 0 Å². The van der Waals surface area contributed by atoms with Crippen molar-refractivity contribution in [3.05, 3.63) is 51.8 Å². The third-order valence-electron chi connectivity index (χ3n) is 2.79. The van der Waals surface area contributed by atoms with Crippen LogP contribution in [0.3, 0.4) is 0 Å². The number of benzene rings is 1. The molecule has 5 heteroatoms. The van der Waals surface area contributed by atoms with Gasteiger partial charge in [-0.15, -0.1) is 0 Å². The summed E-state index contributed by atoms with van der Waals surface area (Å²) < 4.78 is 1.89. The van der Waals surface area contributed by atoms with Crippen LogP contribution in [0.4, 0.5) is 0 Å². The highest BCUT2D eigenvalue weighted by Crippen LogP contribution is 2.21. The molecule has 1 heterocycles. The molecule has 2 aromatic rings. The molecule has 0 aliphatic rings. The van der Waals surface area contributed by atoms with Crippen LogP contribution in [0.25, 0.3) is 0 Å². The zero-order valence-electron chi connectivity index (χ0n) is 10.9. The Labute approximate surface area is 123 Å². The van der Waals surface area contributed by atoms with Gasteiger partial charge in [0.2, 0.25) is 0 Å². The van der Waals surface area contributed by atoms with E-state index in [1.807, 2.05) is 29.2 Å². The minimum Gasteiger partial charge on any atom is -0.313 e. The summed E-state index contributed by atoms with van der Waals surface area (Å²) in [5, 5.41) is 9.02. The molecule has 0 aliphatic carbocycles. The van der Waals surface area contributed by atoms with Crippen molar-refractivity contribution >= 4 is 23.2 Å². The Morgan fingerprint density at radius 2 is 2.16 bits per heavy atom. The zero-order valence-corrected chi connectivity index (χ0v) is 12.4. The summed E-state index contributed by atoms with van der Waals surface area (Å²) in [5.74, 6) is 0. The highest BCUT2D eigenvalue weighted by atomic mass is 35.5. The van der Waals surface area contributed by atoms with E-state index in [0.717, 1.165) is 25.1 Å². The van der Waals surface area contributed by atoms with Gasteiger partial charge in [0.1, 0.15) is 0 Å². The molecule has 0 amide bonds. The second-order valence-corrected chi connectivity index (χ2v) is 5.30. The average molecular weight is 298 g/mol. The summed E-state index contributed by atoms with van der Waals surface area (Å²) in [6, 6.07) is 5.53. The molecule has 3 nitrogen and oxygen atoms in total. The van der Waals surface area contributed by atoms with Gasteiger partial charge in [0.25, 0.3) is 0 Å². The van der Waals surface area contributed by atoms with E-state index in [4.69, 9.17) is 23.2 Å². The molecule has 0 atom stereocenters.